The van der Waals surface area contributed by atoms with Gasteiger partial charge in [-0.1, -0.05) is 0 Å². The van der Waals surface area contributed by atoms with Crippen molar-refractivity contribution in [2.75, 3.05) is 0 Å². The Morgan fingerprint density at radius 3 is 1.12 bits per heavy atom. The molecular formula is C12H26O2Si2. The third-order valence-corrected chi connectivity index (χ3v) is 3.36. The Kier molecular flexibility index (Phi) is 5.55. The van der Waals surface area contributed by atoms with Crippen LogP contribution in [-0.4, -0.2) is 16.6 Å². The van der Waals surface area contributed by atoms with Crippen molar-refractivity contribution in [3.63, 3.8) is 0 Å². The molecule has 94 valence electrons. The average molecular weight is 259 g/mol. The SMILES string of the molecule is C/C(=C\C=C(/C)O[Si](C)(C)C)O[Si](C)(C)C. The summed E-state index contributed by atoms with van der Waals surface area (Å²) in [5.74, 6) is 1.94. The van der Waals surface area contributed by atoms with Crippen LogP contribution in [0.1, 0.15) is 13.8 Å². The summed E-state index contributed by atoms with van der Waals surface area (Å²) >= 11 is 0. The van der Waals surface area contributed by atoms with E-state index in [9.17, 15) is 0 Å². The zero-order chi connectivity index (χ0) is 13.0. The van der Waals surface area contributed by atoms with Gasteiger partial charge in [0.15, 0.2) is 0 Å². The van der Waals surface area contributed by atoms with Crippen LogP contribution >= 0.6 is 0 Å². The molecule has 0 aromatic rings. The van der Waals surface area contributed by atoms with Crippen molar-refractivity contribution < 1.29 is 8.85 Å². The maximum Gasteiger partial charge on any atom is 0.241 e. The van der Waals surface area contributed by atoms with Gasteiger partial charge in [-0.2, -0.15) is 0 Å². The van der Waals surface area contributed by atoms with Crippen LogP contribution in [0, 0.1) is 0 Å². The van der Waals surface area contributed by atoms with Gasteiger partial charge in [-0.15, -0.1) is 0 Å². The molecule has 0 aromatic heterocycles. The molecule has 0 bridgehead atoms. The number of allylic oxidation sites excluding steroid dienone is 4. The molecule has 0 heterocycles. The molecule has 0 spiro atoms. The minimum atomic E-state index is -1.47. The number of hydrogen-bond donors (Lipinski definition) is 0. The highest BCUT2D eigenvalue weighted by Gasteiger charge is 2.16. The van der Waals surface area contributed by atoms with Crippen LogP contribution in [0.15, 0.2) is 23.7 Å². The zero-order valence-corrected chi connectivity index (χ0v) is 14.0. The lowest BCUT2D eigenvalue weighted by molar-refractivity contribution is 0.416. The summed E-state index contributed by atoms with van der Waals surface area (Å²) in [6, 6.07) is 0. The van der Waals surface area contributed by atoms with Crippen molar-refractivity contribution in [3.05, 3.63) is 23.7 Å². The Balaban J connectivity index is 4.39. The minimum Gasteiger partial charge on any atom is -0.548 e. The highest BCUT2D eigenvalue weighted by molar-refractivity contribution is 6.70. The normalized spacial score (nSPS) is 15.0. The first-order chi connectivity index (χ1) is 6.99. The van der Waals surface area contributed by atoms with Gasteiger partial charge < -0.3 is 8.85 Å². The molecular weight excluding hydrogens is 232 g/mol. The monoisotopic (exact) mass is 258 g/mol. The Bertz CT molecular complexity index is 250. The van der Waals surface area contributed by atoms with E-state index in [1.165, 1.54) is 0 Å². The van der Waals surface area contributed by atoms with Crippen molar-refractivity contribution in [1.82, 2.24) is 0 Å². The van der Waals surface area contributed by atoms with Gasteiger partial charge in [0.05, 0.1) is 11.5 Å². The maximum absolute atomic E-state index is 5.83. The van der Waals surface area contributed by atoms with E-state index in [2.05, 4.69) is 39.3 Å². The Morgan fingerprint density at radius 2 is 0.938 bits per heavy atom. The summed E-state index contributed by atoms with van der Waals surface area (Å²) in [5.41, 5.74) is 0. The smallest absolute Gasteiger partial charge is 0.241 e. The van der Waals surface area contributed by atoms with Crippen molar-refractivity contribution >= 4 is 16.6 Å². The van der Waals surface area contributed by atoms with E-state index < -0.39 is 16.6 Å². The lowest BCUT2D eigenvalue weighted by atomic mass is 10.4. The highest BCUT2D eigenvalue weighted by atomic mass is 28.4. The predicted molar refractivity (Wildman–Crippen MR) is 76.4 cm³/mol. The molecule has 0 aliphatic carbocycles. The molecule has 0 aromatic carbocycles. The van der Waals surface area contributed by atoms with Gasteiger partial charge in [-0.05, 0) is 65.3 Å². The van der Waals surface area contributed by atoms with Gasteiger partial charge >= 0.3 is 0 Å². The van der Waals surface area contributed by atoms with Crippen LogP contribution in [0.5, 0.6) is 0 Å². The largest absolute Gasteiger partial charge is 0.548 e. The Hall–Kier alpha value is -0.486. The lowest BCUT2D eigenvalue weighted by Gasteiger charge is -2.20. The van der Waals surface area contributed by atoms with E-state index in [-0.39, 0.29) is 0 Å². The number of hydrogen-bond acceptors (Lipinski definition) is 2. The first-order valence-corrected chi connectivity index (χ1v) is 12.5. The third-order valence-electron chi connectivity index (χ3n) is 1.49. The molecule has 0 N–H and O–H groups in total. The zero-order valence-electron chi connectivity index (χ0n) is 12.0. The average Bonchev–Trinajstić information content (AvgIpc) is 1.94. The fourth-order valence-corrected chi connectivity index (χ4v) is 3.34. The number of rotatable bonds is 5. The molecule has 0 unspecified atom stereocenters. The van der Waals surface area contributed by atoms with Crippen molar-refractivity contribution in [2.24, 2.45) is 0 Å². The summed E-state index contributed by atoms with van der Waals surface area (Å²) in [6.45, 7) is 17.1. The van der Waals surface area contributed by atoms with Gasteiger partial charge in [0.25, 0.3) is 0 Å². The quantitative estimate of drug-likeness (QED) is 0.411. The highest BCUT2D eigenvalue weighted by Crippen LogP contribution is 2.12. The van der Waals surface area contributed by atoms with Gasteiger partial charge in [0, 0.05) is 0 Å². The molecule has 16 heavy (non-hydrogen) atoms. The Labute approximate surface area is 103 Å². The van der Waals surface area contributed by atoms with E-state index in [0.717, 1.165) is 11.5 Å². The van der Waals surface area contributed by atoms with Crippen molar-refractivity contribution in [1.29, 1.82) is 0 Å². The van der Waals surface area contributed by atoms with E-state index >= 15 is 0 Å². The van der Waals surface area contributed by atoms with E-state index in [1.807, 2.05) is 26.0 Å². The molecule has 0 aliphatic heterocycles. The molecule has 0 atom stereocenters. The van der Waals surface area contributed by atoms with Crippen molar-refractivity contribution in [3.8, 4) is 0 Å². The summed E-state index contributed by atoms with van der Waals surface area (Å²) in [4.78, 5) is 0. The summed E-state index contributed by atoms with van der Waals surface area (Å²) in [5, 5.41) is 0. The topological polar surface area (TPSA) is 18.5 Å². The molecule has 0 aliphatic rings. The van der Waals surface area contributed by atoms with Gasteiger partial charge in [-0.25, -0.2) is 0 Å². The first-order valence-electron chi connectivity index (χ1n) is 5.73. The summed E-state index contributed by atoms with van der Waals surface area (Å²) in [7, 11) is -2.94. The molecule has 0 saturated carbocycles. The molecule has 0 radical (unpaired) electrons. The van der Waals surface area contributed by atoms with Gasteiger partial charge in [0.2, 0.25) is 16.6 Å². The van der Waals surface area contributed by atoms with Crippen LogP contribution in [0.25, 0.3) is 0 Å². The maximum atomic E-state index is 5.83. The van der Waals surface area contributed by atoms with Crippen LogP contribution < -0.4 is 0 Å². The molecule has 0 amide bonds. The van der Waals surface area contributed by atoms with Crippen molar-refractivity contribution in [2.45, 2.75) is 53.1 Å². The second-order valence-electron chi connectivity index (χ2n) is 5.98. The second kappa shape index (κ2) is 5.73. The van der Waals surface area contributed by atoms with Crippen LogP contribution in [-0.2, 0) is 8.85 Å². The fourth-order valence-electron chi connectivity index (χ4n) is 1.27. The Morgan fingerprint density at radius 1 is 0.688 bits per heavy atom. The standard InChI is InChI=1S/C12H26O2Si2/c1-11(13-15(3,4)5)9-10-12(2)14-16(6,7)8/h9-10H,1-8H3/b11-9+,12-10+. The first kappa shape index (κ1) is 15.5. The van der Waals surface area contributed by atoms with Crippen LogP contribution in [0.2, 0.25) is 39.3 Å². The van der Waals surface area contributed by atoms with Crippen LogP contribution in [0.3, 0.4) is 0 Å². The molecule has 0 rings (SSSR count). The van der Waals surface area contributed by atoms with E-state index in [4.69, 9.17) is 8.85 Å². The van der Waals surface area contributed by atoms with Gasteiger partial charge in [0.1, 0.15) is 0 Å². The molecule has 0 fully saturated rings. The van der Waals surface area contributed by atoms with E-state index in [0.29, 0.717) is 0 Å². The van der Waals surface area contributed by atoms with Gasteiger partial charge in [-0.3, -0.25) is 0 Å². The lowest BCUT2D eigenvalue weighted by Crippen LogP contribution is -2.24. The molecule has 0 saturated heterocycles. The van der Waals surface area contributed by atoms with Crippen LogP contribution in [0.4, 0.5) is 0 Å². The van der Waals surface area contributed by atoms with E-state index in [1.54, 1.807) is 0 Å². The summed E-state index contributed by atoms with van der Waals surface area (Å²) < 4.78 is 11.7. The summed E-state index contributed by atoms with van der Waals surface area (Å²) in [6.07, 6.45) is 3.99. The molecule has 4 heteroatoms. The predicted octanol–water partition coefficient (Wildman–Crippen LogP) is 4.50. The fraction of sp³-hybridized carbons (Fsp3) is 0.667. The minimum absolute atomic E-state index is 0.970. The third kappa shape index (κ3) is 10.0. The second-order valence-corrected chi connectivity index (χ2v) is 14.8. The molecule has 2 nitrogen and oxygen atoms in total.